The van der Waals surface area contributed by atoms with Crippen molar-refractivity contribution in [2.24, 2.45) is 5.92 Å². The standard InChI is InChI=1S/C27H32Cl2FN3O4S/c1-17(20-11-21(28)13-22(29)12-20)32-9-5-18(6-10-32)16-37-26-15-25(30)24(14-23(26)19-3-4-19)27(34)31-38(35,36)33-7-2-8-33/h11-15,17-19H,2-10,16H2,1H3,(H,31,34)/t17-/m1/s1. The Bertz CT molecular complexity index is 1290. The first-order valence-corrected chi connectivity index (χ1v) is 15.3. The number of piperidine rings is 1. The van der Waals surface area contributed by atoms with Gasteiger partial charge in [-0.1, -0.05) is 23.2 Å². The maximum Gasteiger partial charge on any atom is 0.304 e. The molecule has 0 aromatic heterocycles. The zero-order valence-electron chi connectivity index (χ0n) is 21.3. The lowest BCUT2D eigenvalue weighted by Crippen LogP contribution is -2.49. The molecule has 11 heteroatoms. The first kappa shape index (κ1) is 27.6. The van der Waals surface area contributed by atoms with Crippen LogP contribution in [0.1, 0.15) is 72.5 Å². The smallest absolute Gasteiger partial charge is 0.304 e. The molecule has 7 nitrogen and oxygen atoms in total. The Hall–Kier alpha value is -1.91. The van der Waals surface area contributed by atoms with Crippen LogP contribution >= 0.6 is 23.2 Å². The third-order valence-corrected chi connectivity index (χ3v) is 9.70. The molecule has 2 aromatic rings. The number of nitrogens with one attached hydrogen (secondary N) is 1. The number of halogens is 3. The highest BCUT2D eigenvalue weighted by atomic mass is 35.5. The number of ether oxygens (including phenoxy) is 1. The second-order valence-electron chi connectivity index (χ2n) is 10.5. The SMILES string of the molecule is C[C@H](c1cc(Cl)cc(Cl)c1)N1CCC(COc2cc(F)c(C(=O)NS(=O)(=O)N3CCC3)cc2C2CC2)CC1. The van der Waals surface area contributed by atoms with Gasteiger partial charge in [-0.15, -0.1) is 0 Å². The summed E-state index contributed by atoms with van der Waals surface area (Å²) in [4.78, 5) is 15.0. The second-order valence-corrected chi connectivity index (χ2v) is 13.0. The molecule has 0 radical (unpaired) electrons. The average Bonchev–Trinajstić information content (AvgIpc) is 3.65. The second kappa shape index (κ2) is 11.3. The van der Waals surface area contributed by atoms with Gasteiger partial charge < -0.3 is 4.74 Å². The van der Waals surface area contributed by atoms with Crippen LogP contribution in [0.4, 0.5) is 4.39 Å². The van der Waals surface area contributed by atoms with Crippen LogP contribution in [0.15, 0.2) is 30.3 Å². The predicted octanol–water partition coefficient (Wildman–Crippen LogP) is 5.54. The third kappa shape index (κ3) is 6.28. The Morgan fingerprint density at radius 1 is 1.05 bits per heavy atom. The lowest BCUT2D eigenvalue weighted by atomic mass is 9.95. The lowest BCUT2D eigenvalue weighted by molar-refractivity contribution is 0.0973. The monoisotopic (exact) mass is 583 g/mol. The van der Waals surface area contributed by atoms with Crippen molar-refractivity contribution in [3.8, 4) is 5.75 Å². The molecule has 3 fully saturated rings. The molecule has 0 unspecified atom stereocenters. The summed E-state index contributed by atoms with van der Waals surface area (Å²) < 4.78 is 48.8. The molecule has 3 aliphatic rings. The van der Waals surface area contributed by atoms with Gasteiger partial charge in [-0.25, -0.2) is 9.11 Å². The Morgan fingerprint density at radius 2 is 1.71 bits per heavy atom. The fourth-order valence-corrected chi connectivity index (χ4v) is 6.85. The molecule has 1 amide bonds. The molecule has 1 aliphatic carbocycles. The molecular formula is C27H32Cl2FN3O4S. The van der Waals surface area contributed by atoms with Crippen molar-refractivity contribution in [3.05, 3.63) is 62.9 Å². The van der Waals surface area contributed by atoms with Crippen molar-refractivity contribution in [3.63, 3.8) is 0 Å². The van der Waals surface area contributed by atoms with Crippen LogP contribution in [0.3, 0.4) is 0 Å². The van der Waals surface area contributed by atoms with Gasteiger partial charge >= 0.3 is 10.2 Å². The van der Waals surface area contributed by atoms with E-state index in [1.54, 1.807) is 6.07 Å². The van der Waals surface area contributed by atoms with Gasteiger partial charge in [0.25, 0.3) is 5.91 Å². The summed E-state index contributed by atoms with van der Waals surface area (Å²) >= 11 is 12.4. The molecule has 1 saturated carbocycles. The third-order valence-electron chi connectivity index (χ3n) is 7.78. The lowest BCUT2D eigenvalue weighted by Gasteiger charge is -2.36. The maximum absolute atomic E-state index is 15.0. The number of hydrogen-bond acceptors (Lipinski definition) is 5. The highest BCUT2D eigenvalue weighted by Crippen LogP contribution is 2.45. The Kier molecular flexibility index (Phi) is 8.22. The molecule has 1 N–H and O–H groups in total. The van der Waals surface area contributed by atoms with E-state index < -0.39 is 21.9 Å². The molecule has 38 heavy (non-hydrogen) atoms. The van der Waals surface area contributed by atoms with Crippen LogP contribution in [-0.2, 0) is 10.2 Å². The van der Waals surface area contributed by atoms with Crippen molar-refractivity contribution < 1.29 is 22.3 Å². The molecule has 2 heterocycles. The summed E-state index contributed by atoms with van der Waals surface area (Å²) in [5.74, 6) is -0.788. The van der Waals surface area contributed by atoms with Crippen molar-refractivity contribution in [1.82, 2.24) is 13.9 Å². The van der Waals surface area contributed by atoms with Gasteiger partial charge in [-0.05, 0) is 99.3 Å². The topological polar surface area (TPSA) is 79.0 Å². The number of carbonyl (C=O) groups is 1. The summed E-state index contributed by atoms with van der Waals surface area (Å²) in [5.41, 5.74) is 1.58. The molecule has 206 valence electrons. The Morgan fingerprint density at radius 3 is 2.29 bits per heavy atom. The molecular weight excluding hydrogens is 552 g/mol. The number of likely N-dealkylation sites (tertiary alicyclic amines) is 1. The first-order chi connectivity index (χ1) is 18.1. The Labute approximate surface area is 233 Å². The average molecular weight is 585 g/mol. The zero-order valence-corrected chi connectivity index (χ0v) is 23.6. The zero-order chi connectivity index (χ0) is 27.0. The minimum Gasteiger partial charge on any atom is -0.493 e. The number of amides is 1. The number of nitrogens with zero attached hydrogens (tertiary/aromatic N) is 2. The van der Waals surface area contributed by atoms with Gasteiger partial charge in [-0.3, -0.25) is 9.69 Å². The van der Waals surface area contributed by atoms with Gasteiger partial charge in [0.15, 0.2) is 0 Å². The summed E-state index contributed by atoms with van der Waals surface area (Å²) in [6.07, 6.45) is 4.48. The quantitative estimate of drug-likeness (QED) is 0.419. The summed E-state index contributed by atoms with van der Waals surface area (Å²) in [6, 6.07) is 8.52. The van der Waals surface area contributed by atoms with Gasteiger partial charge in [-0.2, -0.15) is 12.7 Å². The van der Waals surface area contributed by atoms with E-state index in [1.165, 1.54) is 12.1 Å². The number of benzene rings is 2. The van der Waals surface area contributed by atoms with Crippen molar-refractivity contribution >= 4 is 39.3 Å². The first-order valence-electron chi connectivity index (χ1n) is 13.1. The summed E-state index contributed by atoms with van der Waals surface area (Å²) in [7, 11) is -3.95. The van der Waals surface area contributed by atoms with Crippen LogP contribution in [0.25, 0.3) is 0 Å². The molecule has 1 atom stereocenters. The maximum atomic E-state index is 15.0. The highest BCUT2D eigenvalue weighted by Gasteiger charge is 2.33. The van der Waals surface area contributed by atoms with Gasteiger partial charge in [0.1, 0.15) is 11.6 Å². The van der Waals surface area contributed by atoms with Crippen LogP contribution in [-0.4, -0.2) is 56.3 Å². The van der Waals surface area contributed by atoms with E-state index in [2.05, 4.69) is 11.8 Å². The van der Waals surface area contributed by atoms with Crippen LogP contribution < -0.4 is 9.46 Å². The fraction of sp³-hybridized carbons (Fsp3) is 0.519. The molecule has 2 saturated heterocycles. The summed E-state index contributed by atoms with van der Waals surface area (Å²) in [6.45, 7) is 5.12. The number of hydrogen-bond donors (Lipinski definition) is 1. The summed E-state index contributed by atoms with van der Waals surface area (Å²) in [5, 5.41) is 1.25. The largest absolute Gasteiger partial charge is 0.493 e. The predicted molar refractivity (Wildman–Crippen MR) is 146 cm³/mol. The van der Waals surface area contributed by atoms with E-state index in [9.17, 15) is 17.6 Å². The van der Waals surface area contributed by atoms with E-state index in [4.69, 9.17) is 27.9 Å². The van der Waals surface area contributed by atoms with Gasteiger partial charge in [0.05, 0.1) is 12.2 Å². The molecule has 2 aliphatic heterocycles. The minimum atomic E-state index is -3.95. The van der Waals surface area contributed by atoms with Crippen molar-refractivity contribution in [2.45, 2.75) is 51.0 Å². The van der Waals surface area contributed by atoms with E-state index in [1.807, 2.05) is 16.9 Å². The van der Waals surface area contributed by atoms with Crippen LogP contribution in [0, 0.1) is 11.7 Å². The number of carbonyl (C=O) groups excluding carboxylic acids is 1. The van der Waals surface area contributed by atoms with E-state index >= 15 is 0 Å². The van der Waals surface area contributed by atoms with E-state index in [0.717, 1.165) is 60.6 Å². The van der Waals surface area contributed by atoms with Gasteiger partial charge in [0, 0.05) is 35.2 Å². The van der Waals surface area contributed by atoms with Crippen molar-refractivity contribution in [2.75, 3.05) is 32.8 Å². The Balaban J connectivity index is 1.20. The molecule has 0 bridgehead atoms. The number of rotatable bonds is 9. The van der Waals surface area contributed by atoms with Crippen LogP contribution in [0.2, 0.25) is 10.0 Å². The highest BCUT2D eigenvalue weighted by molar-refractivity contribution is 7.87. The van der Waals surface area contributed by atoms with E-state index in [-0.39, 0.29) is 17.5 Å². The van der Waals surface area contributed by atoms with Gasteiger partial charge in [0.2, 0.25) is 0 Å². The molecule has 2 aromatic carbocycles. The van der Waals surface area contributed by atoms with E-state index in [0.29, 0.717) is 41.4 Å². The molecule has 5 rings (SSSR count). The normalized spacial score (nSPS) is 20.1. The minimum absolute atomic E-state index is 0.187. The van der Waals surface area contributed by atoms with Crippen LogP contribution in [0.5, 0.6) is 5.75 Å². The van der Waals surface area contributed by atoms with Crippen molar-refractivity contribution in [1.29, 1.82) is 0 Å². The molecule has 0 spiro atoms. The fourth-order valence-electron chi connectivity index (χ4n) is 5.09.